The van der Waals surface area contributed by atoms with Gasteiger partial charge in [0.15, 0.2) is 5.96 Å². The molecule has 2 aromatic carbocycles. The summed E-state index contributed by atoms with van der Waals surface area (Å²) in [5, 5.41) is 9.74. The number of hydrogen-bond donors (Lipinski definition) is 2. The first-order chi connectivity index (χ1) is 11.8. The van der Waals surface area contributed by atoms with Crippen molar-refractivity contribution in [3.05, 3.63) is 77.3 Å². The number of nitrogens with zero attached hydrogens (tertiary/aromatic N) is 2. The smallest absolute Gasteiger partial charge is 0.191 e. The Morgan fingerprint density at radius 1 is 0.958 bits per heavy atom. The first-order valence-electron chi connectivity index (χ1n) is 7.83. The van der Waals surface area contributed by atoms with Crippen molar-refractivity contribution in [3.63, 3.8) is 0 Å². The van der Waals surface area contributed by atoms with Crippen molar-refractivity contribution in [2.75, 3.05) is 7.05 Å². The van der Waals surface area contributed by atoms with Gasteiger partial charge in [-0.25, -0.2) is 4.98 Å². The van der Waals surface area contributed by atoms with Crippen LogP contribution >= 0.6 is 11.3 Å². The van der Waals surface area contributed by atoms with Crippen LogP contribution in [-0.4, -0.2) is 18.0 Å². The van der Waals surface area contributed by atoms with Gasteiger partial charge >= 0.3 is 0 Å². The third kappa shape index (κ3) is 4.43. The average Bonchev–Trinajstić information content (AvgIpc) is 3.12. The minimum atomic E-state index is 0.651. The Bertz CT molecular complexity index is 781. The van der Waals surface area contributed by atoms with E-state index < -0.39 is 0 Å². The third-order valence-corrected chi connectivity index (χ3v) is 4.48. The van der Waals surface area contributed by atoms with Crippen molar-refractivity contribution in [1.82, 2.24) is 15.6 Å². The van der Waals surface area contributed by atoms with Gasteiger partial charge in [-0.1, -0.05) is 60.7 Å². The Kier molecular flexibility index (Phi) is 5.58. The summed E-state index contributed by atoms with van der Waals surface area (Å²) in [5.74, 6) is 0.771. The number of benzene rings is 2. The van der Waals surface area contributed by atoms with Crippen molar-refractivity contribution in [3.8, 4) is 10.6 Å². The van der Waals surface area contributed by atoms with Crippen LogP contribution in [0, 0.1) is 0 Å². The fraction of sp³-hybridized carbons (Fsp3) is 0.158. The van der Waals surface area contributed by atoms with Gasteiger partial charge < -0.3 is 10.6 Å². The van der Waals surface area contributed by atoms with E-state index in [1.165, 1.54) is 5.56 Å². The van der Waals surface area contributed by atoms with Gasteiger partial charge in [-0.2, -0.15) is 0 Å². The Balaban J connectivity index is 1.54. The highest BCUT2D eigenvalue weighted by Crippen LogP contribution is 2.23. The number of thiazole rings is 1. The standard InChI is InChI=1S/C19H20N4S/c1-20-19(21-12-15-8-4-2-5-9-15)22-13-17-14-24-18(23-17)16-10-6-3-7-11-16/h2-11,14H,12-13H2,1H3,(H2,20,21,22). The van der Waals surface area contributed by atoms with E-state index in [1.54, 1.807) is 18.4 Å². The van der Waals surface area contributed by atoms with E-state index in [4.69, 9.17) is 0 Å². The maximum atomic E-state index is 4.68. The molecule has 2 N–H and O–H groups in total. The zero-order chi connectivity index (χ0) is 16.6. The molecule has 0 spiro atoms. The molecule has 5 heteroatoms. The maximum absolute atomic E-state index is 4.68. The van der Waals surface area contributed by atoms with E-state index in [-0.39, 0.29) is 0 Å². The molecule has 0 saturated heterocycles. The zero-order valence-corrected chi connectivity index (χ0v) is 14.4. The van der Waals surface area contributed by atoms with Crippen LogP contribution in [-0.2, 0) is 13.1 Å². The highest BCUT2D eigenvalue weighted by Gasteiger charge is 2.05. The van der Waals surface area contributed by atoms with Crippen LogP contribution in [0.25, 0.3) is 10.6 Å². The molecule has 0 bridgehead atoms. The highest BCUT2D eigenvalue weighted by atomic mass is 32.1. The minimum Gasteiger partial charge on any atom is -0.352 e. The van der Waals surface area contributed by atoms with E-state index >= 15 is 0 Å². The van der Waals surface area contributed by atoms with E-state index in [1.807, 2.05) is 36.4 Å². The number of guanidine groups is 1. The molecule has 3 aromatic rings. The molecule has 0 aliphatic rings. The molecule has 0 saturated carbocycles. The zero-order valence-electron chi connectivity index (χ0n) is 13.6. The summed E-state index contributed by atoms with van der Waals surface area (Å²) in [6, 6.07) is 20.5. The fourth-order valence-electron chi connectivity index (χ4n) is 2.28. The lowest BCUT2D eigenvalue weighted by molar-refractivity contribution is 0.798. The maximum Gasteiger partial charge on any atom is 0.191 e. The van der Waals surface area contributed by atoms with Gasteiger partial charge in [-0.05, 0) is 5.56 Å². The number of hydrogen-bond acceptors (Lipinski definition) is 3. The SMILES string of the molecule is CN=C(NCc1ccccc1)NCc1csc(-c2ccccc2)n1. The second-order valence-corrected chi connectivity index (χ2v) is 6.13. The number of rotatable bonds is 5. The van der Waals surface area contributed by atoms with Crippen LogP contribution in [0.15, 0.2) is 71.0 Å². The molecule has 0 aliphatic carbocycles. The molecular formula is C19H20N4S. The lowest BCUT2D eigenvalue weighted by Gasteiger charge is -2.11. The van der Waals surface area contributed by atoms with Crippen LogP contribution < -0.4 is 10.6 Å². The van der Waals surface area contributed by atoms with Crippen molar-refractivity contribution < 1.29 is 0 Å². The molecule has 0 fully saturated rings. The van der Waals surface area contributed by atoms with E-state index in [9.17, 15) is 0 Å². The topological polar surface area (TPSA) is 49.3 Å². The molecule has 3 rings (SSSR count). The Morgan fingerprint density at radius 2 is 1.62 bits per heavy atom. The van der Waals surface area contributed by atoms with Crippen LogP contribution in [0.5, 0.6) is 0 Å². The van der Waals surface area contributed by atoms with Crippen molar-refractivity contribution in [2.24, 2.45) is 4.99 Å². The van der Waals surface area contributed by atoms with Gasteiger partial charge in [-0.3, -0.25) is 4.99 Å². The van der Waals surface area contributed by atoms with Gasteiger partial charge in [0.2, 0.25) is 0 Å². The summed E-state index contributed by atoms with van der Waals surface area (Å²) in [6.07, 6.45) is 0. The number of nitrogens with one attached hydrogen (secondary N) is 2. The van der Waals surface area contributed by atoms with Gasteiger partial charge in [-0.15, -0.1) is 11.3 Å². The Morgan fingerprint density at radius 3 is 2.33 bits per heavy atom. The van der Waals surface area contributed by atoms with Crippen molar-refractivity contribution in [1.29, 1.82) is 0 Å². The normalized spacial score (nSPS) is 11.3. The second-order valence-electron chi connectivity index (χ2n) is 5.27. The van der Waals surface area contributed by atoms with Gasteiger partial charge in [0.1, 0.15) is 5.01 Å². The van der Waals surface area contributed by atoms with Crippen LogP contribution in [0.4, 0.5) is 0 Å². The molecule has 0 unspecified atom stereocenters. The number of aliphatic imine (C=N–C) groups is 1. The molecule has 0 aliphatic heterocycles. The van der Waals surface area contributed by atoms with E-state index in [0.717, 1.165) is 28.8 Å². The summed E-state index contributed by atoms with van der Waals surface area (Å²) in [4.78, 5) is 8.93. The molecule has 0 amide bonds. The first kappa shape index (κ1) is 16.2. The largest absolute Gasteiger partial charge is 0.352 e. The molecule has 4 nitrogen and oxygen atoms in total. The molecule has 0 atom stereocenters. The third-order valence-electron chi connectivity index (χ3n) is 3.54. The second kappa shape index (κ2) is 8.26. The van der Waals surface area contributed by atoms with Gasteiger partial charge in [0, 0.05) is 24.5 Å². The summed E-state index contributed by atoms with van der Waals surface area (Å²) in [6.45, 7) is 1.39. The quantitative estimate of drug-likeness (QED) is 0.552. The summed E-state index contributed by atoms with van der Waals surface area (Å²) >= 11 is 1.66. The summed E-state index contributed by atoms with van der Waals surface area (Å²) in [5.41, 5.74) is 3.39. The monoisotopic (exact) mass is 336 g/mol. The van der Waals surface area contributed by atoms with Crippen molar-refractivity contribution >= 4 is 17.3 Å². The highest BCUT2D eigenvalue weighted by molar-refractivity contribution is 7.13. The van der Waals surface area contributed by atoms with E-state index in [0.29, 0.717) is 6.54 Å². The molecule has 1 heterocycles. The summed E-state index contributed by atoms with van der Waals surface area (Å²) in [7, 11) is 1.77. The van der Waals surface area contributed by atoms with E-state index in [2.05, 4.69) is 50.3 Å². The van der Waals surface area contributed by atoms with Gasteiger partial charge in [0.05, 0.1) is 12.2 Å². The molecular weight excluding hydrogens is 316 g/mol. The predicted octanol–water partition coefficient (Wildman–Crippen LogP) is 3.68. The summed E-state index contributed by atoms with van der Waals surface area (Å²) < 4.78 is 0. The molecule has 24 heavy (non-hydrogen) atoms. The Hall–Kier alpha value is -2.66. The predicted molar refractivity (Wildman–Crippen MR) is 101 cm³/mol. The van der Waals surface area contributed by atoms with Crippen LogP contribution in [0.1, 0.15) is 11.3 Å². The van der Waals surface area contributed by atoms with Crippen LogP contribution in [0.3, 0.4) is 0 Å². The number of aromatic nitrogens is 1. The lowest BCUT2D eigenvalue weighted by atomic mass is 10.2. The van der Waals surface area contributed by atoms with Crippen LogP contribution in [0.2, 0.25) is 0 Å². The molecule has 1 aromatic heterocycles. The fourth-order valence-corrected chi connectivity index (χ4v) is 3.10. The molecule has 122 valence electrons. The lowest BCUT2D eigenvalue weighted by Crippen LogP contribution is -2.36. The van der Waals surface area contributed by atoms with Crippen molar-refractivity contribution in [2.45, 2.75) is 13.1 Å². The Labute approximate surface area is 146 Å². The first-order valence-corrected chi connectivity index (χ1v) is 8.71. The minimum absolute atomic E-state index is 0.651. The average molecular weight is 336 g/mol. The molecule has 0 radical (unpaired) electrons. The van der Waals surface area contributed by atoms with Gasteiger partial charge in [0.25, 0.3) is 0 Å².